The van der Waals surface area contributed by atoms with Gasteiger partial charge in [0.15, 0.2) is 11.6 Å². The summed E-state index contributed by atoms with van der Waals surface area (Å²) >= 11 is 0. The van der Waals surface area contributed by atoms with Crippen LogP contribution in [0.3, 0.4) is 0 Å². The monoisotopic (exact) mass is 513 g/mol. The lowest BCUT2D eigenvalue weighted by atomic mass is 10.0. The van der Waals surface area contributed by atoms with E-state index in [-0.39, 0.29) is 25.2 Å². The zero-order valence-corrected chi connectivity index (χ0v) is 23.6. The number of carbonyl (C=O) groups excluding carboxylic acids is 4. The van der Waals surface area contributed by atoms with Gasteiger partial charge in [-0.3, -0.25) is 19.2 Å². The predicted octanol–water partition coefficient (Wildman–Crippen LogP) is 6.01. The lowest BCUT2D eigenvalue weighted by Gasteiger charge is -2.23. The number of esters is 2. The summed E-state index contributed by atoms with van der Waals surface area (Å²) in [5, 5.41) is 9.16. The zero-order valence-electron chi connectivity index (χ0n) is 23.6. The molecule has 8 nitrogen and oxygen atoms in total. The minimum atomic E-state index is -1.03. The van der Waals surface area contributed by atoms with Crippen LogP contribution < -0.4 is 5.48 Å². The SMILES string of the molecule is CC(C)(C)OC(=O)CCCCCCCCCCCCCC(=O)C(=O)CC[C@H](NO)C(=O)OC(C)(C)C. The van der Waals surface area contributed by atoms with E-state index in [1.807, 2.05) is 26.3 Å². The van der Waals surface area contributed by atoms with E-state index in [9.17, 15) is 19.2 Å². The van der Waals surface area contributed by atoms with Crippen LogP contribution in [0.25, 0.3) is 0 Å². The summed E-state index contributed by atoms with van der Waals surface area (Å²) < 4.78 is 10.5. The van der Waals surface area contributed by atoms with Gasteiger partial charge in [-0.15, -0.1) is 0 Å². The Morgan fingerprint density at radius 3 is 1.42 bits per heavy atom. The molecule has 0 bridgehead atoms. The van der Waals surface area contributed by atoms with Crippen molar-refractivity contribution >= 4 is 23.5 Å². The molecule has 8 heteroatoms. The minimum absolute atomic E-state index is 0.0136. The molecule has 1 atom stereocenters. The lowest BCUT2D eigenvalue weighted by molar-refractivity contribution is -0.161. The molecule has 2 N–H and O–H groups in total. The van der Waals surface area contributed by atoms with Gasteiger partial charge in [0.1, 0.15) is 17.2 Å². The number of hydrogen-bond donors (Lipinski definition) is 2. The number of nitrogens with one attached hydrogen (secondary N) is 1. The Kier molecular flexibility index (Phi) is 17.5. The highest BCUT2D eigenvalue weighted by atomic mass is 16.6. The Morgan fingerprint density at radius 2 is 1.00 bits per heavy atom. The van der Waals surface area contributed by atoms with Gasteiger partial charge in [0.05, 0.1) is 0 Å². The molecule has 0 aromatic heterocycles. The maximum Gasteiger partial charge on any atom is 0.326 e. The second kappa shape index (κ2) is 18.4. The third-order valence-corrected chi connectivity index (χ3v) is 5.52. The molecule has 0 aromatic carbocycles. The Bertz CT molecular complexity index is 662. The van der Waals surface area contributed by atoms with Gasteiger partial charge in [-0.25, -0.2) is 0 Å². The van der Waals surface area contributed by atoms with Gasteiger partial charge in [0.2, 0.25) is 0 Å². The van der Waals surface area contributed by atoms with Crippen LogP contribution in [0.15, 0.2) is 0 Å². The molecule has 36 heavy (non-hydrogen) atoms. The van der Waals surface area contributed by atoms with Crippen molar-refractivity contribution < 1.29 is 33.9 Å². The Labute approximate surface area is 218 Å². The molecule has 0 aliphatic rings. The molecule has 0 saturated carbocycles. The highest BCUT2D eigenvalue weighted by Gasteiger charge is 2.26. The Hall–Kier alpha value is -1.80. The van der Waals surface area contributed by atoms with E-state index in [0.717, 1.165) is 38.5 Å². The van der Waals surface area contributed by atoms with Gasteiger partial charge in [-0.1, -0.05) is 57.8 Å². The topological polar surface area (TPSA) is 119 Å². The molecule has 0 aromatic rings. The summed E-state index contributed by atoms with van der Waals surface area (Å²) in [6, 6.07) is -1.03. The number of hydrogen-bond acceptors (Lipinski definition) is 8. The molecule has 0 amide bonds. The fourth-order valence-electron chi connectivity index (χ4n) is 3.70. The number of hydroxylamine groups is 1. The van der Waals surface area contributed by atoms with E-state index in [1.165, 1.54) is 25.7 Å². The summed E-state index contributed by atoms with van der Waals surface area (Å²) in [6.07, 6.45) is 12.3. The second-order valence-electron chi connectivity index (χ2n) is 11.6. The van der Waals surface area contributed by atoms with Gasteiger partial charge in [-0.05, 0) is 60.8 Å². The quantitative estimate of drug-likeness (QED) is 0.0879. The fraction of sp³-hybridized carbons (Fsp3) is 0.857. The zero-order chi connectivity index (χ0) is 27.6. The summed E-state index contributed by atoms with van der Waals surface area (Å²) in [5.41, 5.74) is 0.764. The van der Waals surface area contributed by atoms with Gasteiger partial charge in [0.25, 0.3) is 0 Å². The third-order valence-electron chi connectivity index (χ3n) is 5.52. The van der Waals surface area contributed by atoms with Crippen LogP contribution in [0.5, 0.6) is 0 Å². The summed E-state index contributed by atoms with van der Waals surface area (Å²) in [7, 11) is 0. The van der Waals surface area contributed by atoms with Crippen LogP contribution in [0.4, 0.5) is 0 Å². The lowest BCUT2D eigenvalue weighted by Crippen LogP contribution is -2.40. The standard InChI is InChI=1S/C28H51NO7/c1-27(2,3)35-25(32)19-17-15-13-11-9-7-8-10-12-14-16-18-23(30)24(31)21-20-22(29-34)26(33)36-28(4,5)6/h22,29,34H,7-21H2,1-6H3/t22-/m0/s1. The number of ketones is 2. The van der Waals surface area contributed by atoms with E-state index in [1.54, 1.807) is 20.8 Å². The van der Waals surface area contributed by atoms with Crippen LogP contribution in [-0.4, -0.2) is 46.0 Å². The average molecular weight is 514 g/mol. The van der Waals surface area contributed by atoms with Gasteiger partial charge < -0.3 is 14.7 Å². The van der Waals surface area contributed by atoms with Crippen molar-refractivity contribution in [3.63, 3.8) is 0 Å². The molecule has 0 aliphatic carbocycles. The van der Waals surface area contributed by atoms with Crippen LogP contribution in [0.2, 0.25) is 0 Å². The molecule has 0 saturated heterocycles. The molecule has 0 heterocycles. The number of carbonyl (C=O) groups is 4. The van der Waals surface area contributed by atoms with Gasteiger partial charge in [0, 0.05) is 19.3 Å². The maximum atomic E-state index is 12.1. The summed E-state index contributed by atoms with van der Waals surface area (Å²) in [5.74, 6) is -1.68. The van der Waals surface area contributed by atoms with E-state index in [4.69, 9.17) is 14.7 Å². The molecule has 0 aliphatic heterocycles. The van der Waals surface area contributed by atoms with E-state index < -0.39 is 34.8 Å². The maximum absolute atomic E-state index is 12.1. The Balaban J connectivity index is 3.69. The molecular weight excluding hydrogens is 462 g/mol. The number of Topliss-reactive ketones (excluding diaryl/α,β-unsaturated/α-hetero) is 2. The first kappa shape index (κ1) is 34.2. The normalized spacial score (nSPS) is 12.8. The number of rotatable bonds is 20. The molecule has 0 rings (SSSR count). The first-order chi connectivity index (χ1) is 16.7. The van der Waals surface area contributed by atoms with Gasteiger partial charge >= 0.3 is 11.9 Å². The first-order valence-corrected chi connectivity index (χ1v) is 13.7. The van der Waals surface area contributed by atoms with Crippen molar-refractivity contribution in [2.75, 3.05) is 0 Å². The smallest absolute Gasteiger partial charge is 0.326 e. The minimum Gasteiger partial charge on any atom is -0.460 e. The van der Waals surface area contributed by atoms with Crippen molar-refractivity contribution in [2.24, 2.45) is 0 Å². The molecule has 0 unspecified atom stereocenters. The third kappa shape index (κ3) is 20.4. The van der Waals surface area contributed by atoms with Gasteiger partial charge in [-0.2, -0.15) is 5.48 Å². The average Bonchev–Trinajstić information content (AvgIpc) is 2.74. The highest BCUT2D eigenvalue weighted by molar-refractivity contribution is 6.37. The molecular formula is C28H51NO7. The van der Waals surface area contributed by atoms with Crippen molar-refractivity contribution in [3.8, 4) is 0 Å². The van der Waals surface area contributed by atoms with Crippen molar-refractivity contribution in [1.29, 1.82) is 0 Å². The van der Waals surface area contributed by atoms with Crippen molar-refractivity contribution in [3.05, 3.63) is 0 Å². The summed E-state index contributed by atoms with van der Waals surface area (Å²) in [4.78, 5) is 47.7. The number of unbranched alkanes of at least 4 members (excludes halogenated alkanes) is 10. The van der Waals surface area contributed by atoms with Crippen molar-refractivity contribution in [2.45, 2.75) is 155 Å². The largest absolute Gasteiger partial charge is 0.460 e. The first-order valence-electron chi connectivity index (χ1n) is 13.7. The summed E-state index contributed by atoms with van der Waals surface area (Å²) in [6.45, 7) is 10.8. The number of ether oxygens (including phenoxy) is 2. The molecule has 0 radical (unpaired) electrons. The van der Waals surface area contributed by atoms with Crippen LogP contribution >= 0.6 is 0 Å². The van der Waals surface area contributed by atoms with E-state index in [2.05, 4.69) is 0 Å². The van der Waals surface area contributed by atoms with Crippen LogP contribution in [-0.2, 0) is 28.7 Å². The van der Waals surface area contributed by atoms with Crippen molar-refractivity contribution in [1.82, 2.24) is 5.48 Å². The highest BCUT2D eigenvalue weighted by Crippen LogP contribution is 2.15. The van der Waals surface area contributed by atoms with E-state index in [0.29, 0.717) is 12.8 Å². The van der Waals surface area contributed by atoms with Crippen LogP contribution in [0.1, 0.15) is 138 Å². The van der Waals surface area contributed by atoms with Crippen LogP contribution in [0, 0.1) is 0 Å². The molecule has 0 fully saturated rings. The van der Waals surface area contributed by atoms with E-state index >= 15 is 0 Å². The molecule has 0 spiro atoms. The predicted molar refractivity (Wildman–Crippen MR) is 140 cm³/mol. The fourth-order valence-corrected chi connectivity index (χ4v) is 3.70. The Morgan fingerprint density at radius 1 is 0.611 bits per heavy atom. The molecule has 210 valence electrons. The second-order valence-corrected chi connectivity index (χ2v) is 11.6.